The molecule has 2 atom stereocenters. The largest absolute Gasteiger partial charge is 0.325 e. The summed E-state index contributed by atoms with van der Waals surface area (Å²) in [6.45, 7) is 12.0. The molecule has 4 aromatic rings. The first kappa shape index (κ1) is 31.3. The smallest absolute Gasteiger partial charge is 0.149 e. The van der Waals surface area contributed by atoms with Crippen LogP contribution < -0.4 is 11.5 Å². The van der Waals surface area contributed by atoms with Gasteiger partial charge in [-0.1, -0.05) is 146 Å². The van der Waals surface area contributed by atoms with Crippen LogP contribution in [0.15, 0.2) is 122 Å². The Morgan fingerprint density at radius 1 is 0.571 bits per heavy atom. The molecule has 2 nitrogen and oxygen atoms in total. The van der Waals surface area contributed by atoms with Gasteiger partial charge >= 0.3 is 0 Å². The van der Waals surface area contributed by atoms with Crippen LogP contribution in [-0.4, -0.2) is 14.6 Å². The normalized spacial score (nSPS) is 13.9. The summed E-state index contributed by atoms with van der Waals surface area (Å²) in [5.41, 5.74) is 22.4. The van der Waals surface area contributed by atoms with Gasteiger partial charge in [-0.3, -0.25) is 0 Å². The molecule has 0 aliphatic heterocycles. The molecule has 4 aromatic carbocycles. The number of hydrogen-bond acceptors (Lipinski definition) is 2. The molecular weight excluding hydrogens is 506 g/mol. The molecule has 212 valence electrons. The Hall–Kier alpha value is -3.59. The van der Waals surface area contributed by atoms with Gasteiger partial charge in [-0.15, -0.1) is 13.2 Å². The van der Waals surface area contributed by atoms with Crippen molar-refractivity contribution in [3.05, 3.63) is 167 Å². The lowest BCUT2D eigenvalue weighted by atomic mass is 9.48. The van der Waals surface area contributed by atoms with E-state index in [2.05, 4.69) is 139 Å². The molecule has 4 N–H and O–H groups in total. The van der Waals surface area contributed by atoms with Crippen molar-refractivity contribution in [3.63, 3.8) is 0 Å². The number of rotatable bonds is 15. The van der Waals surface area contributed by atoms with Gasteiger partial charge in [0.05, 0.1) is 0 Å². The highest BCUT2D eigenvalue weighted by Gasteiger charge is 2.31. The molecule has 0 saturated heterocycles. The Bertz CT molecular complexity index is 1350. The predicted octanol–water partition coefficient (Wildman–Crippen LogP) is 7.81. The average molecular weight is 550 g/mol. The fourth-order valence-electron chi connectivity index (χ4n) is 5.72. The van der Waals surface area contributed by atoms with Crippen LogP contribution in [0.1, 0.15) is 57.3 Å². The lowest BCUT2D eigenvalue weighted by Crippen LogP contribution is -2.44. The molecule has 0 aliphatic rings. The van der Waals surface area contributed by atoms with Gasteiger partial charge in [-0.2, -0.15) is 0 Å². The molecule has 4 rings (SSSR count). The molecule has 0 fully saturated rings. The molecule has 0 amide bonds. The number of unbranched alkanes of at least 4 members (excludes halogenated alkanes) is 1. The lowest BCUT2D eigenvalue weighted by molar-refractivity contribution is 0.730. The number of hydrogen-bond donors (Lipinski definition) is 2. The highest BCUT2D eigenvalue weighted by molar-refractivity contribution is 6.42. The third-order valence-corrected chi connectivity index (χ3v) is 8.21. The van der Waals surface area contributed by atoms with E-state index >= 15 is 0 Å². The molecule has 0 aromatic heterocycles. The van der Waals surface area contributed by atoms with Crippen molar-refractivity contribution >= 4 is 14.6 Å². The van der Waals surface area contributed by atoms with Crippen molar-refractivity contribution in [1.29, 1.82) is 0 Å². The van der Waals surface area contributed by atoms with Crippen LogP contribution in [0.25, 0.3) is 0 Å². The number of nitrogens with two attached hydrogens (primary N) is 2. The van der Waals surface area contributed by atoms with Crippen LogP contribution in [0.2, 0.25) is 12.6 Å². The zero-order valence-corrected chi connectivity index (χ0v) is 25.4. The van der Waals surface area contributed by atoms with Crippen molar-refractivity contribution in [2.75, 3.05) is 0 Å². The summed E-state index contributed by atoms with van der Waals surface area (Å²) >= 11 is 0. The van der Waals surface area contributed by atoms with E-state index in [1.807, 2.05) is 12.2 Å². The molecule has 42 heavy (non-hydrogen) atoms. The summed E-state index contributed by atoms with van der Waals surface area (Å²) in [6, 6.07) is 34.4. The molecule has 0 spiro atoms. The van der Waals surface area contributed by atoms with Crippen molar-refractivity contribution in [2.45, 2.75) is 63.0 Å². The highest BCUT2D eigenvalue weighted by atomic mass is 14.7. The second kappa shape index (κ2) is 14.5. The molecule has 2 unspecified atom stereocenters. The van der Waals surface area contributed by atoms with Crippen molar-refractivity contribution in [1.82, 2.24) is 0 Å². The van der Waals surface area contributed by atoms with Gasteiger partial charge in [0.25, 0.3) is 0 Å². The summed E-state index contributed by atoms with van der Waals surface area (Å²) in [5.74, 6) is 0. The molecular formula is C38H44B2N2. The minimum absolute atomic E-state index is 0.658. The summed E-state index contributed by atoms with van der Waals surface area (Å²) in [4.78, 5) is 0. The Labute approximate surface area is 255 Å². The van der Waals surface area contributed by atoms with Crippen LogP contribution in [0.5, 0.6) is 0 Å². The average Bonchev–Trinajstić information content (AvgIpc) is 3.00. The standard InChI is InChI=1S/C38H44B2N2/c1-5-11-31-17-21-33(22-18-31)37(41,35-15-9-13-29(3)27-35)39-25-7-8-26-40-38(42,36-16-10-14-30(4)28-36)34-23-19-32(12-6-2)20-24-34/h5-6,9-10,13-24,27-28H,1-2,7-8,11-12,25-26,41-42H2,3-4H3. The Morgan fingerprint density at radius 2 is 0.952 bits per heavy atom. The van der Waals surface area contributed by atoms with E-state index in [4.69, 9.17) is 11.5 Å². The van der Waals surface area contributed by atoms with E-state index < -0.39 is 10.9 Å². The summed E-state index contributed by atoms with van der Waals surface area (Å²) in [6.07, 6.45) is 9.44. The highest BCUT2D eigenvalue weighted by Crippen LogP contribution is 2.31. The quantitative estimate of drug-likeness (QED) is 0.0902. The lowest BCUT2D eigenvalue weighted by Gasteiger charge is -2.32. The zero-order chi connectivity index (χ0) is 30.0. The predicted molar refractivity (Wildman–Crippen MR) is 183 cm³/mol. The van der Waals surface area contributed by atoms with Gasteiger partial charge in [0.15, 0.2) is 0 Å². The molecule has 0 bridgehead atoms. The Balaban J connectivity index is 1.45. The maximum Gasteiger partial charge on any atom is 0.149 e. The molecule has 2 radical (unpaired) electrons. The minimum atomic E-state index is -0.658. The summed E-state index contributed by atoms with van der Waals surface area (Å²) in [7, 11) is 4.58. The van der Waals surface area contributed by atoms with Crippen molar-refractivity contribution in [3.8, 4) is 0 Å². The maximum atomic E-state index is 7.21. The Kier molecular flexibility index (Phi) is 10.8. The monoisotopic (exact) mass is 550 g/mol. The van der Waals surface area contributed by atoms with Crippen molar-refractivity contribution < 1.29 is 0 Å². The third-order valence-electron chi connectivity index (χ3n) is 8.21. The van der Waals surface area contributed by atoms with Gasteiger partial charge in [0.2, 0.25) is 0 Å². The third kappa shape index (κ3) is 7.62. The van der Waals surface area contributed by atoms with E-state index in [0.717, 1.165) is 60.6 Å². The Morgan fingerprint density at radius 3 is 1.29 bits per heavy atom. The van der Waals surface area contributed by atoms with Gasteiger partial charge in [0, 0.05) is 10.9 Å². The second-order valence-electron chi connectivity index (χ2n) is 11.5. The first-order valence-corrected chi connectivity index (χ1v) is 15.1. The first-order valence-electron chi connectivity index (χ1n) is 15.1. The number of benzene rings is 4. The van der Waals surface area contributed by atoms with E-state index in [0.29, 0.717) is 0 Å². The fourth-order valence-corrected chi connectivity index (χ4v) is 5.72. The minimum Gasteiger partial charge on any atom is -0.325 e. The van der Waals surface area contributed by atoms with Crippen molar-refractivity contribution in [2.24, 2.45) is 11.5 Å². The SMILES string of the molecule is C=CCc1ccc(C(N)([B]CCCC[B]C(N)(c2ccc(CC=C)cc2)c2cccc(C)c2)c2cccc(C)c2)cc1. The maximum absolute atomic E-state index is 7.21. The number of aryl methyl sites for hydroxylation is 2. The van der Waals surface area contributed by atoms with Gasteiger partial charge in [0.1, 0.15) is 14.6 Å². The zero-order valence-electron chi connectivity index (χ0n) is 25.4. The van der Waals surface area contributed by atoms with E-state index in [-0.39, 0.29) is 0 Å². The summed E-state index contributed by atoms with van der Waals surface area (Å²) in [5, 5.41) is 0. The van der Waals surface area contributed by atoms with E-state index in [9.17, 15) is 0 Å². The van der Waals surface area contributed by atoms with Crippen LogP contribution in [0.4, 0.5) is 0 Å². The van der Waals surface area contributed by atoms with Crippen LogP contribution >= 0.6 is 0 Å². The van der Waals surface area contributed by atoms with Gasteiger partial charge in [-0.25, -0.2) is 0 Å². The van der Waals surface area contributed by atoms with Crippen LogP contribution in [-0.2, 0) is 23.7 Å². The van der Waals surface area contributed by atoms with Crippen LogP contribution in [0.3, 0.4) is 0 Å². The molecule has 0 heterocycles. The molecule has 4 heteroatoms. The summed E-state index contributed by atoms with van der Waals surface area (Å²) < 4.78 is 0. The second-order valence-corrected chi connectivity index (χ2v) is 11.5. The molecule has 0 saturated carbocycles. The number of allylic oxidation sites excluding steroid dienone is 2. The van der Waals surface area contributed by atoms with Gasteiger partial charge in [-0.05, 0) is 60.1 Å². The van der Waals surface area contributed by atoms with Crippen LogP contribution in [0, 0.1) is 13.8 Å². The van der Waals surface area contributed by atoms with Gasteiger partial charge < -0.3 is 11.5 Å². The first-order chi connectivity index (χ1) is 20.3. The molecule has 0 aliphatic carbocycles. The topological polar surface area (TPSA) is 52.0 Å². The van der Waals surface area contributed by atoms with E-state index in [1.165, 1.54) is 22.3 Å². The fraction of sp³-hybridized carbons (Fsp3) is 0.263. The van der Waals surface area contributed by atoms with E-state index in [1.54, 1.807) is 0 Å².